The predicted molar refractivity (Wildman–Crippen MR) is 25.8 cm³/mol. The fourth-order valence-electron chi connectivity index (χ4n) is 0. The van der Waals surface area contributed by atoms with Gasteiger partial charge in [0.15, 0.2) is 5.94 Å². The average Bonchev–Trinajstić information content (AvgIpc) is 1.35. The van der Waals surface area contributed by atoms with Crippen molar-refractivity contribution in [1.29, 1.82) is 0 Å². The van der Waals surface area contributed by atoms with E-state index in [0.29, 0.717) is 0 Å². The summed E-state index contributed by atoms with van der Waals surface area (Å²) in [5, 5.41) is 7.56. The Morgan fingerprint density at radius 1 is 1.43 bits per heavy atom. The van der Waals surface area contributed by atoms with E-state index in [2.05, 4.69) is 0 Å². The van der Waals surface area contributed by atoms with E-state index >= 15 is 0 Å². The van der Waals surface area contributed by atoms with E-state index in [4.69, 9.17) is 9.66 Å². The summed E-state index contributed by atoms with van der Waals surface area (Å²) in [6.45, 7) is 0. The van der Waals surface area contributed by atoms with Gasteiger partial charge in [-0.3, -0.25) is 4.55 Å². The van der Waals surface area contributed by atoms with Crippen molar-refractivity contribution in [3.05, 3.63) is 0 Å². The van der Waals surface area contributed by atoms with Crippen molar-refractivity contribution in [2.45, 2.75) is 0 Å². The van der Waals surface area contributed by atoms with Gasteiger partial charge in [-0.25, -0.2) is 0 Å². The maximum absolute atomic E-state index is 9.31. The summed E-state index contributed by atoms with van der Waals surface area (Å²) in [6.07, 6.45) is 0. The first-order valence-corrected chi connectivity index (χ1v) is 2.73. The van der Waals surface area contributed by atoms with E-state index in [1.165, 1.54) is 0 Å². The molecule has 0 unspecified atom stereocenters. The summed E-state index contributed by atoms with van der Waals surface area (Å²) in [5.74, 6) is -1.20. The quantitative estimate of drug-likeness (QED) is 0.328. The van der Waals surface area contributed by atoms with Crippen molar-refractivity contribution in [3.8, 4) is 0 Å². The fourth-order valence-corrected chi connectivity index (χ4v) is 0. The topological polar surface area (TPSA) is 74.6 Å². The van der Waals surface area contributed by atoms with Gasteiger partial charge in [-0.1, -0.05) is 0 Å². The Labute approximate surface area is 63.6 Å². The Kier molecular flexibility index (Phi) is 5.89. The molecule has 0 amide bonds. The molecule has 4 nitrogen and oxygen atoms in total. The van der Waals surface area contributed by atoms with Gasteiger partial charge in [0, 0.05) is 0 Å². The number of hydrogen-bond donors (Lipinski definition) is 2. The molecule has 40 valence electrons. The van der Waals surface area contributed by atoms with Crippen molar-refractivity contribution >= 4 is 39.7 Å². The third-order valence-electron chi connectivity index (χ3n) is 0.163. The van der Waals surface area contributed by atoms with Crippen LogP contribution in [0.3, 0.4) is 0 Å². The summed E-state index contributed by atoms with van der Waals surface area (Å²) < 4.78 is 26.2. The third kappa shape index (κ3) is 10.9. The van der Waals surface area contributed by atoms with Crippen LogP contribution >= 0.6 is 0 Å². The zero-order valence-corrected chi connectivity index (χ0v) is 3.64. The normalized spacial score (nSPS) is 10.0. The van der Waals surface area contributed by atoms with Crippen molar-refractivity contribution in [3.63, 3.8) is 0 Å². The zero-order valence-electron chi connectivity index (χ0n) is 2.83. The SMILES string of the molecule is O=S(=O)(O)CO.[NaH]. The monoisotopic (exact) mass is 136 g/mol. The molecule has 6 heteroatoms. The van der Waals surface area contributed by atoms with Crippen LogP contribution in [0.2, 0.25) is 0 Å². The van der Waals surface area contributed by atoms with Crippen molar-refractivity contribution < 1.29 is 18.1 Å². The molecule has 0 spiro atoms. The van der Waals surface area contributed by atoms with Crippen molar-refractivity contribution in [2.75, 3.05) is 5.94 Å². The van der Waals surface area contributed by atoms with Crippen LogP contribution in [0.4, 0.5) is 0 Å². The minimum atomic E-state index is -4.11. The molecule has 0 saturated carbocycles. The first kappa shape index (κ1) is 10.8. The van der Waals surface area contributed by atoms with E-state index in [9.17, 15) is 8.42 Å². The van der Waals surface area contributed by atoms with E-state index in [1.807, 2.05) is 0 Å². The summed E-state index contributed by atoms with van der Waals surface area (Å²) >= 11 is 0. The molecule has 0 aliphatic heterocycles. The van der Waals surface area contributed by atoms with Gasteiger partial charge in [-0.2, -0.15) is 8.42 Å². The number of aliphatic hydroxyl groups excluding tert-OH is 1. The standard InChI is InChI=1S/CH4O4S.Na.H/c2-1-6(3,4)5;;/h2H,1H2,(H,3,4,5);;. The Hall–Kier alpha value is 0.870. The summed E-state index contributed by atoms with van der Waals surface area (Å²) in [7, 11) is -4.11. The summed E-state index contributed by atoms with van der Waals surface area (Å²) in [6, 6.07) is 0. The van der Waals surface area contributed by atoms with Gasteiger partial charge >= 0.3 is 29.6 Å². The van der Waals surface area contributed by atoms with Crippen LogP contribution in [0.5, 0.6) is 0 Å². The third-order valence-corrected chi connectivity index (χ3v) is 0.489. The summed E-state index contributed by atoms with van der Waals surface area (Å²) in [4.78, 5) is 0. The fraction of sp³-hybridized carbons (Fsp3) is 1.00. The number of rotatable bonds is 1. The van der Waals surface area contributed by atoms with Gasteiger partial charge in [0.1, 0.15) is 0 Å². The molecule has 0 saturated heterocycles. The molecule has 0 bridgehead atoms. The van der Waals surface area contributed by atoms with E-state index in [1.54, 1.807) is 0 Å². The second kappa shape index (κ2) is 3.82. The van der Waals surface area contributed by atoms with Gasteiger partial charge in [0.05, 0.1) is 0 Å². The van der Waals surface area contributed by atoms with Gasteiger partial charge in [-0.05, 0) is 0 Å². The second-order valence-corrected chi connectivity index (χ2v) is 2.13. The van der Waals surface area contributed by atoms with Gasteiger partial charge in [-0.15, -0.1) is 0 Å². The van der Waals surface area contributed by atoms with Crippen LogP contribution in [0, 0.1) is 0 Å². The Morgan fingerprint density at radius 2 is 1.57 bits per heavy atom. The molecule has 0 aromatic rings. The van der Waals surface area contributed by atoms with Crippen LogP contribution in [0.15, 0.2) is 0 Å². The van der Waals surface area contributed by atoms with E-state index in [-0.39, 0.29) is 29.6 Å². The molecule has 0 radical (unpaired) electrons. The summed E-state index contributed by atoms with van der Waals surface area (Å²) in [5.41, 5.74) is 0. The van der Waals surface area contributed by atoms with Crippen molar-refractivity contribution in [2.24, 2.45) is 0 Å². The molecule has 0 atom stereocenters. The first-order chi connectivity index (χ1) is 2.56. The number of hydrogen-bond acceptors (Lipinski definition) is 3. The maximum atomic E-state index is 9.31. The molecule has 0 fully saturated rings. The van der Waals surface area contributed by atoms with Crippen LogP contribution in [0.1, 0.15) is 0 Å². The molecule has 0 heterocycles. The number of aliphatic hydroxyl groups is 1. The molecule has 0 aromatic heterocycles. The molecule has 0 aromatic carbocycles. The van der Waals surface area contributed by atoms with Crippen LogP contribution in [0.25, 0.3) is 0 Å². The molecular formula is CH5NaO4S. The Bertz CT molecular complexity index is 114. The molecule has 0 aliphatic rings. The minimum absolute atomic E-state index is 0. The Morgan fingerprint density at radius 3 is 1.57 bits per heavy atom. The van der Waals surface area contributed by atoms with E-state index < -0.39 is 16.1 Å². The van der Waals surface area contributed by atoms with Crippen LogP contribution < -0.4 is 0 Å². The van der Waals surface area contributed by atoms with Crippen molar-refractivity contribution in [1.82, 2.24) is 0 Å². The van der Waals surface area contributed by atoms with Gasteiger partial charge < -0.3 is 5.11 Å². The van der Waals surface area contributed by atoms with Gasteiger partial charge in [0.2, 0.25) is 0 Å². The Balaban J connectivity index is 0. The zero-order chi connectivity index (χ0) is 5.21. The molecule has 0 rings (SSSR count). The molecule has 7 heavy (non-hydrogen) atoms. The second-order valence-electron chi connectivity index (χ2n) is 0.711. The predicted octanol–water partition coefficient (Wildman–Crippen LogP) is -1.82. The van der Waals surface area contributed by atoms with Crippen LogP contribution in [-0.4, -0.2) is 53.6 Å². The van der Waals surface area contributed by atoms with Crippen LogP contribution in [-0.2, 0) is 10.1 Å². The first-order valence-electron chi connectivity index (χ1n) is 1.12. The molecule has 2 N–H and O–H groups in total. The van der Waals surface area contributed by atoms with E-state index in [0.717, 1.165) is 0 Å². The molecule has 0 aliphatic carbocycles. The van der Waals surface area contributed by atoms with Gasteiger partial charge in [0.25, 0.3) is 10.1 Å². The average molecular weight is 136 g/mol. The molecular weight excluding hydrogens is 131 g/mol.